The molecule has 0 spiro atoms. The van der Waals surface area contributed by atoms with Crippen molar-refractivity contribution >= 4 is 22.6 Å². The zero-order chi connectivity index (χ0) is 21.2. The lowest BCUT2D eigenvalue weighted by Crippen LogP contribution is -2.15. The highest BCUT2D eigenvalue weighted by molar-refractivity contribution is 6.10. The van der Waals surface area contributed by atoms with E-state index in [1.807, 2.05) is 59.2 Å². The molecule has 0 aliphatic rings. The lowest BCUT2D eigenvalue weighted by molar-refractivity contribution is 0.102. The Labute approximate surface area is 178 Å². The van der Waals surface area contributed by atoms with Crippen LogP contribution in [0, 0.1) is 0 Å². The van der Waals surface area contributed by atoms with Gasteiger partial charge in [0.05, 0.1) is 58.9 Å². The van der Waals surface area contributed by atoms with E-state index in [1.54, 1.807) is 38.1 Å². The first-order valence-corrected chi connectivity index (χ1v) is 9.75. The number of benzene rings is 3. The third kappa shape index (κ3) is 3.32. The molecule has 0 unspecified atom stereocenters. The number of aromatic amines is 1. The molecule has 3 aromatic carbocycles. The van der Waals surface area contributed by atoms with Crippen LogP contribution in [-0.2, 0) is 0 Å². The Morgan fingerprint density at radius 2 is 1.87 bits per heavy atom. The number of hydrogen-bond donors (Lipinski definition) is 2. The van der Waals surface area contributed by atoms with Crippen LogP contribution < -0.4 is 10.1 Å². The van der Waals surface area contributed by atoms with Gasteiger partial charge in [0.15, 0.2) is 0 Å². The van der Waals surface area contributed by atoms with Crippen LogP contribution in [0.3, 0.4) is 0 Å². The van der Waals surface area contributed by atoms with Gasteiger partial charge in [0.1, 0.15) is 12.1 Å². The Morgan fingerprint density at radius 3 is 2.71 bits per heavy atom. The minimum Gasteiger partial charge on any atom is -0.496 e. The van der Waals surface area contributed by atoms with Crippen LogP contribution in [0.5, 0.6) is 5.75 Å². The maximum Gasteiger partial charge on any atom is 0.256 e. The molecule has 5 aromatic rings. The Balaban J connectivity index is 1.57. The van der Waals surface area contributed by atoms with E-state index in [0.717, 1.165) is 16.7 Å². The molecule has 31 heavy (non-hydrogen) atoms. The molecule has 0 saturated heterocycles. The van der Waals surface area contributed by atoms with Crippen molar-refractivity contribution in [3.05, 3.63) is 91.1 Å². The van der Waals surface area contributed by atoms with E-state index < -0.39 is 0 Å². The second-order valence-electron chi connectivity index (χ2n) is 6.92. The molecule has 0 aliphatic carbocycles. The van der Waals surface area contributed by atoms with Crippen LogP contribution in [0.25, 0.3) is 28.0 Å². The summed E-state index contributed by atoms with van der Waals surface area (Å²) in [5, 5.41) is 3.06. The fourth-order valence-electron chi connectivity index (χ4n) is 3.69. The molecule has 0 fully saturated rings. The topological polar surface area (TPSA) is 84.8 Å². The van der Waals surface area contributed by atoms with Crippen molar-refractivity contribution in [3.8, 4) is 22.7 Å². The summed E-state index contributed by atoms with van der Waals surface area (Å²) in [5.74, 6) is 0.339. The number of ether oxygens (including phenoxy) is 1. The van der Waals surface area contributed by atoms with Crippen LogP contribution in [-0.4, -0.2) is 32.5 Å². The molecule has 5 rings (SSSR count). The van der Waals surface area contributed by atoms with E-state index in [0.29, 0.717) is 28.3 Å². The molecule has 2 heterocycles. The molecule has 0 radical (unpaired) electrons. The average molecular weight is 409 g/mol. The van der Waals surface area contributed by atoms with Crippen LogP contribution in [0.2, 0.25) is 0 Å². The van der Waals surface area contributed by atoms with Crippen molar-refractivity contribution < 1.29 is 9.53 Å². The van der Waals surface area contributed by atoms with E-state index in [9.17, 15) is 4.79 Å². The quantitative estimate of drug-likeness (QED) is 0.442. The number of H-pyrrole nitrogens is 1. The SMILES string of the molecule is COc1cccc(C(=O)Nc2ccccc2-n2cnc3ccccc32)c1-c1cnc[nH]1. The number of hydrogen-bond acceptors (Lipinski definition) is 4. The van der Waals surface area contributed by atoms with Gasteiger partial charge in [0.25, 0.3) is 5.91 Å². The molecule has 0 saturated carbocycles. The molecule has 7 nitrogen and oxygen atoms in total. The summed E-state index contributed by atoms with van der Waals surface area (Å²) in [6.45, 7) is 0. The maximum absolute atomic E-state index is 13.4. The van der Waals surface area contributed by atoms with Crippen LogP contribution in [0.4, 0.5) is 5.69 Å². The van der Waals surface area contributed by atoms with E-state index in [1.165, 1.54) is 0 Å². The molecule has 1 amide bonds. The molecule has 2 N–H and O–H groups in total. The van der Waals surface area contributed by atoms with Gasteiger partial charge in [0.2, 0.25) is 0 Å². The first kappa shape index (κ1) is 18.6. The van der Waals surface area contributed by atoms with Gasteiger partial charge in [-0.15, -0.1) is 0 Å². The number of amides is 1. The number of aromatic nitrogens is 4. The fourth-order valence-corrected chi connectivity index (χ4v) is 3.69. The Hall–Kier alpha value is -4.39. The summed E-state index contributed by atoms with van der Waals surface area (Å²) in [6, 6.07) is 20.9. The first-order valence-electron chi connectivity index (χ1n) is 9.75. The number of nitrogens with zero attached hydrogens (tertiary/aromatic N) is 3. The van der Waals surface area contributed by atoms with Gasteiger partial charge in [-0.25, -0.2) is 9.97 Å². The number of fused-ring (bicyclic) bond motifs is 1. The van der Waals surface area contributed by atoms with E-state index in [2.05, 4.69) is 20.3 Å². The van der Waals surface area contributed by atoms with Gasteiger partial charge in [-0.2, -0.15) is 0 Å². The maximum atomic E-state index is 13.4. The number of anilines is 1. The minimum absolute atomic E-state index is 0.250. The number of carbonyl (C=O) groups excluding carboxylic acids is 1. The first-order chi connectivity index (χ1) is 15.3. The molecular weight excluding hydrogens is 390 g/mol. The number of para-hydroxylation sites is 4. The lowest BCUT2D eigenvalue weighted by Gasteiger charge is -2.15. The molecule has 152 valence electrons. The van der Waals surface area contributed by atoms with Crippen LogP contribution in [0.1, 0.15) is 10.4 Å². The van der Waals surface area contributed by atoms with Crippen molar-refractivity contribution in [1.29, 1.82) is 0 Å². The van der Waals surface area contributed by atoms with Gasteiger partial charge in [-0.05, 0) is 36.4 Å². The fraction of sp³-hybridized carbons (Fsp3) is 0.0417. The van der Waals surface area contributed by atoms with E-state index in [4.69, 9.17) is 4.74 Å². The molecule has 0 atom stereocenters. The number of nitrogens with one attached hydrogen (secondary N) is 2. The Kier molecular flexibility index (Phi) is 4.68. The highest BCUT2D eigenvalue weighted by Crippen LogP contribution is 2.33. The molecule has 0 bridgehead atoms. The molecule has 7 heteroatoms. The largest absolute Gasteiger partial charge is 0.496 e. The normalized spacial score (nSPS) is 10.9. The average Bonchev–Trinajstić information content (AvgIpc) is 3.49. The lowest BCUT2D eigenvalue weighted by atomic mass is 10.0. The second kappa shape index (κ2) is 7.79. The molecular formula is C24H19N5O2. The minimum atomic E-state index is -0.250. The Bertz CT molecular complexity index is 1370. The van der Waals surface area contributed by atoms with Gasteiger partial charge in [-0.1, -0.05) is 30.3 Å². The predicted octanol–water partition coefficient (Wildman–Crippen LogP) is 4.68. The summed E-state index contributed by atoms with van der Waals surface area (Å²) in [7, 11) is 1.58. The molecule has 0 aliphatic heterocycles. The smallest absolute Gasteiger partial charge is 0.256 e. The van der Waals surface area contributed by atoms with Crippen LogP contribution >= 0.6 is 0 Å². The summed E-state index contributed by atoms with van der Waals surface area (Å²) >= 11 is 0. The van der Waals surface area contributed by atoms with Crippen molar-refractivity contribution in [2.24, 2.45) is 0 Å². The summed E-state index contributed by atoms with van der Waals surface area (Å²) in [6.07, 6.45) is 5.00. The summed E-state index contributed by atoms with van der Waals surface area (Å²) in [5.41, 5.74) is 5.20. The van der Waals surface area contributed by atoms with E-state index >= 15 is 0 Å². The van der Waals surface area contributed by atoms with Crippen LogP contribution in [0.15, 0.2) is 85.6 Å². The van der Waals surface area contributed by atoms with E-state index in [-0.39, 0.29) is 5.91 Å². The highest BCUT2D eigenvalue weighted by Gasteiger charge is 2.19. The predicted molar refractivity (Wildman–Crippen MR) is 120 cm³/mol. The van der Waals surface area contributed by atoms with Gasteiger partial charge < -0.3 is 15.0 Å². The molecule has 2 aromatic heterocycles. The van der Waals surface area contributed by atoms with Gasteiger partial charge >= 0.3 is 0 Å². The number of carbonyl (C=O) groups is 1. The summed E-state index contributed by atoms with van der Waals surface area (Å²) < 4.78 is 7.47. The zero-order valence-corrected chi connectivity index (χ0v) is 16.7. The number of methoxy groups -OCH3 is 1. The summed E-state index contributed by atoms with van der Waals surface area (Å²) in [4.78, 5) is 25.0. The number of imidazole rings is 2. The monoisotopic (exact) mass is 409 g/mol. The van der Waals surface area contributed by atoms with Crippen molar-refractivity contribution in [2.75, 3.05) is 12.4 Å². The second-order valence-corrected chi connectivity index (χ2v) is 6.92. The van der Waals surface area contributed by atoms with Gasteiger partial charge in [0, 0.05) is 0 Å². The third-order valence-electron chi connectivity index (χ3n) is 5.12. The Morgan fingerprint density at radius 1 is 1.03 bits per heavy atom. The van der Waals surface area contributed by atoms with Crippen molar-refractivity contribution in [1.82, 2.24) is 19.5 Å². The third-order valence-corrected chi connectivity index (χ3v) is 5.12. The zero-order valence-electron chi connectivity index (χ0n) is 16.7. The van der Waals surface area contributed by atoms with Crippen molar-refractivity contribution in [2.45, 2.75) is 0 Å². The standard InChI is InChI=1S/C24H19N5O2/c1-31-22-12-6-7-16(23(22)19-13-25-14-26-19)24(30)28-18-9-3-5-11-21(18)29-15-27-17-8-2-4-10-20(17)29/h2-15H,1H3,(H,25,26)(H,28,30). The van der Waals surface area contributed by atoms with Gasteiger partial charge in [-0.3, -0.25) is 9.36 Å². The van der Waals surface area contributed by atoms with Crippen molar-refractivity contribution in [3.63, 3.8) is 0 Å². The highest BCUT2D eigenvalue weighted by atomic mass is 16.5. The number of rotatable bonds is 5.